The average molecular weight is 396 g/mol. The minimum Gasteiger partial charge on any atom is -0.462 e. The molecule has 0 saturated carbocycles. The maximum absolute atomic E-state index is 12.7. The summed E-state index contributed by atoms with van der Waals surface area (Å²) in [4.78, 5) is 35.8. The number of para-hydroxylation sites is 1. The highest BCUT2D eigenvalue weighted by atomic mass is 32.1. The molecular formula is C20H16N2O5S. The molecular weight excluding hydrogens is 380 g/mol. The second kappa shape index (κ2) is 8.45. The molecule has 0 aliphatic carbocycles. The molecule has 0 atom stereocenters. The molecule has 8 heteroatoms. The van der Waals surface area contributed by atoms with Gasteiger partial charge in [-0.2, -0.15) is 0 Å². The van der Waals surface area contributed by atoms with Crippen molar-refractivity contribution in [3.63, 3.8) is 0 Å². The van der Waals surface area contributed by atoms with Gasteiger partial charge in [0, 0.05) is 17.0 Å². The van der Waals surface area contributed by atoms with Gasteiger partial charge in [-0.15, -0.1) is 11.3 Å². The van der Waals surface area contributed by atoms with Crippen LogP contribution in [0.5, 0.6) is 0 Å². The van der Waals surface area contributed by atoms with Gasteiger partial charge in [0.05, 0.1) is 11.5 Å². The van der Waals surface area contributed by atoms with Crippen LogP contribution in [0.4, 0.5) is 10.7 Å². The quantitative estimate of drug-likeness (QED) is 0.368. The first kappa shape index (κ1) is 19.2. The van der Waals surface area contributed by atoms with Crippen LogP contribution in [0.15, 0.2) is 60.0 Å². The van der Waals surface area contributed by atoms with E-state index in [4.69, 9.17) is 4.74 Å². The number of rotatable bonds is 6. The Hall–Kier alpha value is -3.52. The van der Waals surface area contributed by atoms with Crippen LogP contribution in [0.1, 0.15) is 27.6 Å². The number of hydrogen-bond donors (Lipinski definition) is 1. The zero-order valence-corrected chi connectivity index (χ0v) is 15.7. The van der Waals surface area contributed by atoms with E-state index in [9.17, 15) is 19.7 Å². The summed E-state index contributed by atoms with van der Waals surface area (Å²) in [6, 6.07) is 14.9. The largest absolute Gasteiger partial charge is 0.462 e. The summed E-state index contributed by atoms with van der Waals surface area (Å²) in [5.41, 5.74) is 1.26. The molecule has 1 amide bonds. The van der Waals surface area contributed by atoms with E-state index in [1.165, 1.54) is 24.3 Å². The first-order valence-corrected chi connectivity index (χ1v) is 9.29. The molecule has 1 aromatic heterocycles. The molecule has 142 valence electrons. The van der Waals surface area contributed by atoms with Crippen molar-refractivity contribution in [2.24, 2.45) is 0 Å². The Morgan fingerprint density at radius 1 is 1.11 bits per heavy atom. The zero-order chi connectivity index (χ0) is 20.1. The number of benzene rings is 2. The van der Waals surface area contributed by atoms with Crippen molar-refractivity contribution in [2.75, 3.05) is 11.9 Å². The maximum Gasteiger partial charge on any atom is 0.341 e. The first-order valence-electron chi connectivity index (χ1n) is 8.41. The van der Waals surface area contributed by atoms with E-state index < -0.39 is 16.8 Å². The summed E-state index contributed by atoms with van der Waals surface area (Å²) in [5, 5.41) is 15.8. The van der Waals surface area contributed by atoms with Gasteiger partial charge in [-0.1, -0.05) is 42.5 Å². The molecule has 0 aliphatic heterocycles. The van der Waals surface area contributed by atoms with Crippen LogP contribution in [0.3, 0.4) is 0 Å². The van der Waals surface area contributed by atoms with Crippen LogP contribution in [0, 0.1) is 10.1 Å². The number of ether oxygens (including phenoxy) is 1. The Bertz CT molecular complexity index is 1030. The van der Waals surface area contributed by atoms with Crippen LogP contribution >= 0.6 is 11.3 Å². The summed E-state index contributed by atoms with van der Waals surface area (Å²) in [6.07, 6.45) is 0. The normalized spacial score (nSPS) is 10.3. The number of esters is 1. The highest BCUT2D eigenvalue weighted by molar-refractivity contribution is 7.15. The van der Waals surface area contributed by atoms with Crippen molar-refractivity contribution < 1.29 is 19.2 Å². The highest BCUT2D eigenvalue weighted by Crippen LogP contribution is 2.36. The molecule has 1 N–H and O–H groups in total. The molecule has 2 aromatic carbocycles. The molecule has 0 saturated heterocycles. The predicted octanol–water partition coefficient (Wildman–Crippen LogP) is 4.75. The van der Waals surface area contributed by atoms with Crippen molar-refractivity contribution in [3.8, 4) is 11.1 Å². The lowest BCUT2D eigenvalue weighted by atomic mass is 10.0. The molecule has 28 heavy (non-hydrogen) atoms. The maximum atomic E-state index is 12.7. The van der Waals surface area contributed by atoms with Crippen LogP contribution < -0.4 is 5.32 Å². The number of hydrogen-bond acceptors (Lipinski definition) is 6. The smallest absolute Gasteiger partial charge is 0.341 e. The van der Waals surface area contributed by atoms with E-state index in [1.807, 2.05) is 30.3 Å². The van der Waals surface area contributed by atoms with E-state index in [0.29, 0.717) is 5.56 Å². The van der Waals surface area contributed by atoms with Crippen LogP contribution in [-0.2, 0) is 4.74 Å². The molecule has 0 spiro atoms. The monoisotopic (exact) mass is 396 g/mol. The van der Waals surface area contributed by atoms with Gasteiger partial charge in [-0.25, -0.2) is 4.79 Å². The summed E-state index contributed by atoms with van der Waals surface area (Å²) < 4.78 is 5.15. The van der Waals surface area contributed by atoms with Crippen LogP contribution in [-0.4, -0.2) is 23.4 Å². The van der Waals surface area contributed by atoms with E-state index in [-0.39, 0.29) is 28.4 Å². The molecule has 7 nitrogen and oxygen atoms in total. The number of nitro groups is 1. The number of carbonyl (C=O) groups excluding carboxylic acids is 2. The van der Waals surface area contributed by atoms with Gasteiger partial charge in [-0.3, -0.25) is 14.9 Å². The molecule has 0 aliphatic rings. The zero-order valence-electron chi connectivity index (χ0n) is 14.9. The minimum absolute atomic E-state index is 0.0861. The minimum atomic E-state index is -0.667. The third-order valence-electron chi connectivity index (χ3n) is 3.93. The highest BCUT2D eigenvalue weighted by Gasteiger charge is 2.25. The summed E-state index contributed by atoms with van der Waals surface area (Å²) in [7, 11) is 0. The molecule has 1 heterocycles. The summed E-state index contributed by atoms with van der Waals surface area (Å²) in [5.74, 6) is -1.24. The van der Waals surface area contributed by atoms with Crippen molar-refractivity contribution in [2.45, 2.75) is 6.92 Å². The Kier molecular flexibility index (Phi) is 5.81. The van der Waals surface area contributed by atoms with E-state index >= 15 is 0 Å². The Balaban J connectivity index is 2.01. The molecule has 0 bridgehead atoms. The van der Waals surface area contributed by atoms with E-state index in [0.717, 1.165) is 16.9 Å². The second-order valence-electron chi connectivity index (χ2n) is 5.67. The van der Waals surface area contributed by atoms with Gasteiger partial charge in [0.25, 0.3) is 11.6 Å². The SMILES string of the molecule is CCOC(=O)c1c(-c2ccccc2)csc1NC(=O)c1ccccc1[N+](=O)[O-]. The standard InChI is InChI=1S/C20H16N2O5S/c1-2-27-20(24)17-15(13-8-4-3-5-9-13)12-28-19(17)21-18(23)14-10-6-7-11-16(14)22(25)26/h3-12H,2H2,1H3,(H,21,23). The van der Waals surface area contributed by atoms with Crippen molar-refractivity contribution >= 4 is 33.9 Å². The first-order chi connectivity index (χ1) is 13.5. The number of amides is 1. The number of nitro benzene ring substituents is 1. The average Bonchev–Trinajstić information content (AvgIpc) is 3.12. The van der Waals surface area contributed by atoms with Crippen LogP contribution in [0.2, 0.25) is 0 Å². The van der Waals surface area contributed by atoms with Crippen LogP contribution in [0.25, 0.3) is 11.1 Å². The fourth-order valence-corrected chi connectivity index (χ4v) is 3.63. The van der Waals surface area contributed by atoms with E-state index in [2.05, 4.69) is 5.32 Å². The lowest BCUT2D eigenvalue weighted by molar-refractivity contribution is -0.385. The topological polar surface area (TPSA) is 98.5 Å². The second-order valence-corrected chi connectivity index (χ2v) is 6.55. The van der Waals surface area contributed by atoms with Crippen molar-refractivity contribution in [1.82, 2.24) is 0 Å². The van der Waals surface area contributed by atoms with Gasteiger partial charge in [-0.05, 0) is 18.6 Å². The van der Waals surface area contributed by atoms with Crippen molar-refractivity contribution in [1.29, 1.82) is 0 Å². The molecule has 0 unspecified atom stereocenters. The van der Waals surface area contributed by atoms with Gasteiger partial charge < -0.3 is 10.1 Å². The predicted molar refractivity (Wildman–Crippen MR) is 107 cm³/mol. The fourth-order valence-electron chi connectivity index (χ4n) is 2.68. The molecule has 3 aromatic rings. The number of nitrogens with zero attached hydrogens (tertiary/aromatic N) is 1. The van der Waals surface area contributed by atoms with Gasteiger partial charge >= 0.3 is 5.97 Å². The molecule has 3 rings (SSSR count). The van der Waals surface area contributed by atoms with E-state index in [1.54, 1.807) is 12.3 Å². The Morgan fingerprint density at radius 2 is 1.79 bits per heavy atom. The van der Waals surface area contributed by atoms with Gasteiger partial charge in [0.15, 0.2) is 0 Å². The summed E-state index contributed by atoms with van der Waals surface area (Å²) in [6.45, 7) is 1.87. The Morgan fingerprint density at radius 3 is 2.46 bits per heavy atom. The molecule has 0 radical (unpaired) electrons. The fraction of sp³-hybridized carbons (Fsp3) is 0.100. The van der Waals surface area contributed by atoms with Gasteiger partial charge in [0.2, 0.25) is 0 Å². The lowest BCUT2D eigenvalue weighted by Crippen LogP contribution is -2.16. The third kappa shape index (κ3) is 3.91. The van der Waals surface area contributed by atoms with Gasteiger partial charge in [0.1, 0.15) is 16.1 Å². The van der Waals surface area contributed by atoms with Crippen molar-refractivity contribution in [3.05, 3.63) is 81.2 Å². The number of carbonyl (C=O) groups is 2. The lowest BCUT2D eigenvalue weighted by Gasteiger charge is -2.09. The summed E-state index contributed by atoms with van der Waals surface area (Å²) >= 11 is 1.16. The number of anilines is 1. The number of nitrogens with one attached hydrogen (secondary N) is 1. The Labute approximate surface area is 164 Å². The number of thiophene rings is 1. The third-order valence-corrected chi connectivity index (χ3v) is 4.82. The molecule has 0 fully saturated rings.